The van der Waals surface area contributed by atoms with Crippen LogP contribution in [0.1, 0.15) is 5.69 Å². The molecule has 2 aromatic heterocycles. The fourth-order valence-electron chi connectivity index (χ4n) is 2.84. The van der Waals surface area contributed by atoms with E-state index in [0.717, 1.165) is 22.0 Å². The molecular formula is C20H17Cl2N5O2S2. The Labute approximate surface area is 197 Å². The summed E-state index contributed by atoms with van der Waals surface area (Å²) < 4.78 is 12.2. The van der Waals surface area contributed by atoms with Crippen molar-refractivity contribution in [1.29, 1.82) is 0 Å². The minimum absolute atomic E-state index is 0.459. The molecule has 0 spiro atoms. The Kier molecular flexibility index (Phi) is 6.57. The summed E-state index contributed by atoms with van der Waals surface area (Å²) in [7, 11) is 3.25. The van der Waals surface area contributed by atoms with Crippen LogP contribution in [0, 0.1) is 0 Å². The fraction of sp³-hybridized carbons (Fsp3) is 0.150. The summed E-state index contributed by atoms with van der Waals surface area (Å²) in [6.45, 7) is 0. The normalized spacial score (nSPS) is 11.0. The molecule has 160 valence electrons. The molecule has 0 unspecified atom stereocenters. The second-order valence-electron chi connectivity index (χ2n) is 6.30. The number of halogens is 2. The summed E-state index contributed by atoms with van der Waals surface area (Å²) in [5.41, 5.74) is 2.47. The highest BCUT2D eigenvalue weighted by atomic mass is 35.5. The number of hydrogen-bond acceptors (Lipinski definition) is 8. The quantitative estimate of drug-likeness (QED) is 0.272. The van der Waals surface area contributed by atoms with Crippen molar-refractivity contribution in [2.75, 3.05) is 20.1 Å². The predicted octanol–water partition coefficient (Wildman–Crippen LogP) is 5.40. The number of nitrogens with two attached hydrogens (primary N) is 1. The van der Waals surface area contributed by atoms with Crippen LogP contribution in [0.2, 0.25) is 10.0 Å². The van der Waals surface area contributed by atoms with Gasteiger partial charge in [-0.15, -0.1) is 21.5 Å². The third-order valence-corrected chi connectivity index (χ3v) is 6.83. The molecule has 0 saturated carbocycles. The zero-order chi connectivity index (χ0) is 22.0. The predicted molar refractivity (Wildman–Crippen MR) is 126 cm³/mol. The lowest BCUT2D eigenvalue weighted by Gasteiger charge is -2.08. The van der Waals surface area contributed by atoms with Crippen LogP contribution < -0.4 is 15.3 Å². The molecule has 0 aliphatic rings. The molecule has 7 nitrogen and oxygen atoms in total. The molecule has 0 aliphatic heterocycles. The fourth-order valence-corrected chi connectivity index (χ4v) is 5.04. The van der Waals surface area contributed by atoms with E-state index in [2.05, 4.69) is 10.2 Å². The Bertz CT molecular complexity index is 1230. The number of ether oxygens (including phenoxy) is 2. The molecular weight excluding hydrogens is 477 g/mol. The van der Waals surface area contributed by atoms with Gasteiger partial charge in [-0.1, -0.05) is 35.0 Å². The molecule has 4 rings (SSSR count). The first kappa shape index (κ1) is 21.8. The number of methoxy groups -OCH3 is 2. The zero-order valence-corrected chi connectivity index (χ0v) is 19.6. The maximum Gasteiger partial charge on any atom is 0.210 e. The molecule has 0 saturated heterocycles. The average molecular weight is 494 g/mol. The van der Waals surface area contributed by atoms with Crippen LogP contribution in [0.25, 0.3) is 22.0 Å². The Hall–Kier alpha value is -2.46. The van der Waals surface area contributed by atoms with E-state index in [9.17, 15) is 0 Å². The highest BCUT2D eigenvalue weighted by molar-refractivity contribution is 7.98. The van der Waals surface area contributed by atoms with Crippen LogP contribution in [0.15, 0.2) is 46.9 Å². The summed E-state index contributed by atoms with van der Waals surface area (Å²) in [6, 6.07) is 10.8. The lowest BCUT2D eigenvalue weighted by atomic mass is 10.2. The second kappa shape index (κ2) is 9.35. The minimum atomic E-state index is 0.459. The van der Waals surface area contributed by atoms with Crippen LogP contribution in [-0.2, 0) is 5.75 Å². The highest BCUT2D eigenvalue weighted by Gasteiger charge is 2.17. The molecule has 0 atom stereocenters. The van der Waals surface area contributed by atoms with Gasteiger partial charge in [-0.05, 0) is 30.3 Å². The van der Waals surface area contributed by atoms with Gasteiger partial charge in [0.15, 0.2) is 5.82 Å². The number of aromatic nitrogens is 4. The number of benzene rings is 2. The maximum atomic E-state index is 6.27. The van der Waals surface area contributed by atoms with Crippen molar-refractivity contribution in [3.05, 3.63) is 57.5 Å². The third kappa shape index (κ3) is 4.59. The first-order chi connectivity index (χ1) is 15.0. The van der Waals surface area contributed by atoms with Crippen LogP contribution in [0.3, 0.4) is 0 Å². The maximum absolute atomic E-state index is 6.27. The van der Waals surface area contributed by atoms with Gasteiger partial charge in [0.05, 0.1) is 30.5 Å². The lowest BCUT2D eigenvalue weighted by molar-refractivity contribution is 0.395. The van der Waals surface area contributed by atoms with Gasteiger partial charge in [0.25, 0.3) is 0 Å². The van der Waals surface area contributed by atoms with Gasteiger partial charge < -0.3 is 15.3 Å². The first-order valence-corrected chi connectivity index (χ1v) is 11.6. The molecule has 4 aromatic rings. The van der Waals surface area contributed by atoms with Gasteiger partial charge in [-0.2, -0.15) is 0 Å². The number of rotatable bonds is 7. The summed E-state index contributed by atoms with van der Waals surface area (Å²) in [4.78, 5) is 4.72. The standard InChI is InChI=1S/C20H17Cl2N5O2S2/c1-28-13-4-6-15(17(8-13)29-2)19-24-12(9-30-19)10-31-20-26-25-18(27(20)23)14-5-3-11(21)7-16(14)22/h3-9H,10,23H2,1-2H3. The van der Waals surface area contributed by atoms with Gasteiger partial charge in [-0.3, -0.25) is 0 Å². The Balaban J connectivity index is 1.50. The zero-order valence-electron chi connectivity index (χ0n) is 16.5. The van der Waals surface area contributed by atoms with Crippen LogP contribution in [0.5, 0.6) is 11.5 Å². The summed E-state index contributed by atoms with van der Waals surface area (Å²) in [6.07, 6.45) is 0. The van der Waals surface area contributed by atoms with Gasteiger partial charge in [0, 0.05) is 27.8 Å². The lowest BCUT2D eigenvalue weighted by Crippen LogP contribution is -2.11. The third-order valence-electron chi connectivity index (χ3n) is 4.38. The van der Waals surface area contributed by atoms with Crippen molar-refractivity contribution in [3.63, 3.8) is 0 Å². The van der Waals surface area contributed by atoms with E-state index < -0.39 is 0 Å². The van der Waals surface area contributed by atoms with E-state index in [1.54, 1.807) is 43.8 Å². The van der Waals surface area contributed by atoms with Gasteiger partial charge >= 0.3 is 0 Å². The molecule has 2 aromatic carbocycles. The molecule has 31 heavy (non-hydrogen) atoms. The summed E-state index contributed by atoms with van der Waals surface area (Å²) in [5.74, 6) is 8.68. The van der Waals surface area contributed by atoms with Crippen LogP contribution in [-0.4, -0.2) is 34.1 Å². The number of hydrogen-bond donors (Lipinski definition) is 1. The van der Waals surface area contributed by atoms with Crippen molar-refractivity contribution in [1.82, 2.24) is 19.9 Å². The number of thiazole rings is 1. The molecule has 11 heteroatoms. The highest BCUT2D eigenvalue weighted by Crippen LogP contribution is 2.36. The van der Waals surface area contributed by atoms with E-state index in [1.807, 2.05) is 23.6 Å². The van der Waals surface area contributed by atoms with E-state index in [1.165, 1.54) is 16.4 Å². The second-order valence-corrected chi connectivity index (χ2v) is 8.94. The molecule has 0 amide bonds. The van der Waals surface area contributed by atoms with E-state index in [-0.39, 0.29) is 0 Å². The summed E-state index contributed by atoms with van der Waals surface area (Å²) >= 11 is 15.2. The molecule has 2 N–H and O–H groups in total. The van der Waals surface area contributed by atoms with E-state index in [4.69, 9.17) is 43.5 Å². The summed E-state index contributed by atoms with van der Waals surface area (Å²) in [5, 5.41) is 12.8. The smallest absolute Gasteiger partial charge is 0.210 e. The van der Waals surface area contributed by atoms with Crippen molar-refractivity contribution in [2.45, 2.75) is 10.9 Å². The van der Waals surface area contributed by atoms with Crippen LogP contribution >= 0.6 is 46.3 Å². The monoisotopic (exact) mass is 493 g/mol. The Morgan fingerprint density at radius 1 is 1.06 bits per heavy atom. The number of thioether (sulfide) groups is 1. The van der Waals surface area contributed by atoms with Crippen molar-refractivity contribution >= 4 is 46.3 Å². The van der Waals surface area contributed by atoms with E-state index in [0.29, 0.717) is 38.1 Å². The van der Waals surface area contributed by atoms with Crippen molar-refractivity contribution < 1.29 is 9.47 Å². The molecule has 0 aliphatic carbocycles. The molecule has 0 bridgehead atoms. The Morgan fingerprint density at radius 3 is 2.61 bits per heavy atom. The number of nitrogen functional groups attached to an aromatic ring is 1. The van der Waals surface area contributed by atoms with E-state index >= 15 is 0 Å². The minimum Gasteiger partial charge on any atom is -0.497 e. The van der Waals surface area contributed by atoms with Gasteiger partial charge in [-0.25, -0.2) is 9.66 Å². The average Bonchev–Trinajstić information content (AvgIpc) is 3.38. The topological polar surface area (TPSA) is 88.1 Å². The molecule has 2 heterocycles. The molecule has 0 radical (unpaired) electrons. The first-order valence-electron chi connectivity index (χ1n) is 8.95. The largest absolute Gasteiger partial charge is 0.497 e. The molecule has 0 fully saturated rings. The van der Waals surface area contributed by atoms with Gasteiger partial charge in [0.2, 0.25) is 5.16 Å². The van der Waals surface area contributed by atoms with Crippen molar-refractivity contribution in [3.8, 4) is 33.5 Å². The van der Waals surface area contributed by atoms with Crippen molar-refractivity contribution in [2.24, 2.45) is 0 Å². The van der Waals surface area contributed by atoms with Gasteiger partial charge in [0.1, 0.15) is 16.5 Å². The number of nitrogens with zero attached hydrogens (tertiary/aromatic N) is 4. The SMILES string of the molecule is COc1ccc(-c2nc(CSc3nnc(-c4ccc(Cl)cc4Cl)n3N)cs2)c(OC)c1. The van der Waals surface area contributed by atoms with Crippen LogP contribution in [0.4, 0.5) is 0 Å². The Morgan fingerprint density at radius 2 is 1.87 bits per heavy atom.